The number of hydrogen-bond donors (Lipinski definition) is 2. The molecular formula is C25H25N9. The molecule has 9 nitrogen and oxygen atoms in total. The fourth-order valence-electron chi connectivity index (χ4n) is 5.23. The van der Waals surface area contributed by atoms with Gasteiger partial charge in [-0.05, 0) is 50.2 Å². The van der Waals surface area contributed by atoms with Crippen LogP contribution in [0.4, 0.5) is 5.69 Å². The van der Waals surface area contributed by atoms with Crippen molar-refractivity contribution in [3.8, 4) is 17.5 Å². The van der Waals surface area contributed by atoms with Crippen LogP contribution in [-0.2, 0) is 0 Å². The minimum absolute atomic E-state index is 0.415. The van der Waals surface area contributed by atoms with Crippen LogP contribution in [0.2, 0.25) is 0 Å². The fourth-order valence-corrected chi connectivity index (χ4v) is 5.23. The molecule has 0 bridgehead atoms. The zero-order valence-corrected chi connectivity index (χ0v) is 19.0. The average molecular weight is 452 g/mol. The molecule has 3 aliphatic heterocycles. The molecular weight excluding hydrogens is 426 g/mol. The standard InChI is InChI=1S/C25H25N9/c1-16-23(31-32-24(16)33-14-25(15-33)5-7-28-8-6-25)19-13-29-21(10-20(19)27-2)22-4-3-18-9-17(11-26)12-30-34(18)22/h3-4,9-10,12-13,28H,1,5-8,14-15H2,2H3,(H,27,29). The molecule has 0 unspecified atom stereocenters. The molecule has 6 heterocycles. The van der Waals surface area contributed by atoms with Gasteiger partial charge in [0.2, 0.25) is 0 Å². The van der Waals surface area contributed by atoms with Crippen LogP contribution in [0.15, 0.2) is 59.0 Å². The van der Waals surface area contributed by atoms with E-state index in [-0.39, 0.29) is 0 Å². The SMILES string of the molecule is C=C1C(c2cnc(-c3ccc4cc(C#N)cnn34)cc2NC)=NN=C1N1CC2(CCNCC2)C1. The Kier molecular flexibility index (Phi) is 4.71. The van der Waals surface area contributed by atoms with E-state index in [2.05, 4.69) is 43.5 Å². The summed E-state index contributed by atoms with van der Waals surface area (Å²) in [5, 5.41) is 29.3. The maximum atomic E-state index is 9.13. The van der Waals surface area contributed by atoms with Crippen molar-refractivity contribution in [2.75, 3.05) is 38.5 Å². The summed E-state index contributed by atoms with van der Waals surface area (Å²) in [6.07, 6.45) is 5.81. The zero-order chi connectivity index (χ0) is 23.3. The minimum atomic E-state index is 0.415. The van der Waals surface area contributed by atoms with Crippen molar-refractivity contribution in [3.63, 3.8) is 0 Å². The molecule has 1 spiro atoms. The predicted molar refractivity (Wildman–Crippen MR) is 132 cm³/mol. The number of pyridine rings is 1. The van der Waals surface area contributed by atoms with Crippen molar-refractivity contribution < 1.29 is 0 Å². The van der Waals surface area contributed by atoms with E-state index in [4.69, 9.17) is 10.2 Å². The Labute approximate surface area is 197 Å². The third-order valence-electron chi connectivity index (χ3n) is 7.14. The van der Waals surface area contributed by atoms with Gasteiger partial charge in [-0.2, -0.15) is 10.4 Å². The molecule has 0 amide bonds. The van der Waals surface area contributed by atoms with Crippen LogP contribution in [0.3, 0.4) is 0 Å². The Bertz CT molecular complexity index is 1410. The molecule has 9 heteroatoms. The molecule has 3 aliphatic rings. The molecule has 0 radical (unpaired) electrons. The van der Waals surface area contributed by atoms with E-state index < -0.39 is 0 Å². The van der Waals surface area contributed by atoms with E-state index in [1.54, 1.807) is 10.7 Å². The lowest BCUT2D eigenvalue weighted by atomic mass is 9.72. The van der Waals surface area contributed by atoms with Crippen LogP contribution in [-0.4, -0.2) is 64.3 Å². The van der Waals surface area contributed by atoms with Crippen molar-refractivity contribution in [3.05, 3.63) is 59.9 Å². The summed E-state index contributed by atoms with van der Waals surface area (Å²) in [4.78, 5) is 7.02. The number of nitriles is 1. The van der Waals surface area contributed by atoms with Gasteiger partial charge in [-0.15, -0.1) is 10.2 Å². The maximum absolute atomic E-state index is 9.13. The van der Waals surface area contributed by atoms with Gasteiger partial charge in [-0.25, -0.2) is 4.52 Å². The van der Waals surface area contributed by atoms with Crippen LogP contribution in [0.5, 0.6) is 0 Å². The van der Waals surface area contributed by atoms with Gasteiger partial charge < -0.3 is 15.5 Å². The third kappa shape index (κ3) is 3.18. The first-order valence-corrected chi connectivity index (χ1v) is 11.5. The van der Waals surface area contributed by atoms with Gasteiger partial charge in [0.15, 0.2) is 5.84 Å². The van der Waals surface area contributed by atoms with Gasteiger partial charge in [-0.1, -0.05) is 6.58 Å². The molecule has 0 atom stereocenters. The summed E-state index contributed by atoms with van der Waals surface area (Å²) in [5.74, 6) is 0.875. The lowest BCUT2D eigenvalue weighted by Gasteiger charge is -2.53. The van der Waals surface area contributed by atoms with Crippen molar-refractivity contribution in [1.29, 1.82) is 5.26 Å². The Morgan fingerprint density at radius 1 is 1.15 bits per heavy atom. The largest absolute Gasteiger partial charge is 0.387 e. The molecule has 2 saturated heterocycles. The second-order valence-corrected chi connectivity index (χ2v) is 9.23. The molecule has 3 aromatic rings. The summed E-state index contributed by atoms with van der Waals surface area (Å²) in [5.41, 5.74) is 6.76. The average Bonchev–Trinajstić information content (AvgIpc) is 3.45. The van der Waals surface area contributed by atoms with E-state index in [1.807, 2.05) is 37.5 Å². The van der Waals surface area contributed by atoms with Crippen molar-refractivity contribution in [1.82, 2.24) is 24.8 Å². The smallest absolute Gasteiger partial charge is 0.160 e. The molecule has 2 N–H and O–H groups in total. The first-order chi connectivity index (χ1) is 16.6. The number of fused-ring (bicyclic) bond motifs is 1. The van der Waals surface area contributed by atoms with Crippen LogP contribution in [0.1, 0.15) is 24.0 Å². The number of nitrogens with one attached hydrogen (secondary N) is 2. The van der Waals surface area contributed by atoms with Gasteiger partial charge in [-0.3, -0.25) is 4.98 Å². The lowest BCUT2D eigenvalue weighted by molar-refractivity contribution is 0.0279. The molecule has 0 aliphatic carbocycles. The highest BCUT2D eigenvalue weighted by atomic mass is 15.4. The molecule has 170 valence electrons. The molecule has 0 aromatic carbocycles. The first-order valence-electron chi connectivity index (χ1n) is 11.5. The Hall–Kier alpha value is -4.03. The highest BCUT2D eigenvalue weighted by molar-refractivity contribution is 6.32. The highest BCUT2D eigenvalue weighted by Crippen LogP contribution is 2.40. The molecule has 3 aromatic heterocycles. The van der Waals surface area contributed by atoms with Gasteiger partial charge in [0, 0.05) is 48.6 Å². The minimum Gasteiger partial charge on any atom is -0.387 e. The van der Waals surface area contributed by atoms with Gasteiger partial charge >= 0.3 is 0 Å². The molecule has 2 fully saturated rings. The monoisotopic (exact) mass is 451 g/mol. The first kappa shape index (κ1) is 20.6. The number of hydrogen-bond acceptors (Lipinski definition) is 8. The van der Waals surface area contributed by atoms with E-state index in [1.165, 1.54) is 12.8 Å². The number of nitrogens with zero attached hydrogens (tertiary/aromatic N) is 7. The maximum Gasteiger partial charge on any atom is 0.160 e. The van der Waals surface area contributed by atoms with Crippen LogP contribution in [0.25, 0.3) is 16.9 Å². The van der Waals surface area contributed by atoms with Gasteiger partial charge in [0.05, 0.1) is 28.7 Å². The molecule has 6 rings (SSSR count). The fraction of sp³-hybridized carbons (Fsp3) is 0.320. The Morgan fingerprint density at radius 2 is 1.97 bits per heavy atom. The number of rotatable bonds is 3. The van der Waals surface area contributed by atoms with Crippen molar-refractivity contribution in [2.24, 2.45) is 15.6 Å². The molecule has 34 heavy (non-hydrogen) atoms. The predicted octanol–water partition coefficient (Wildman–Crippen LogP) is 2.67. The lowest BCUT2D eigenvalue weighted by Crippen LogP contribution is -2.61. The Balaban J connectivity index is 1.24. The summed E-state index contributed by atoms with van der Waals surface area (Å²) in [6.45, 7) is 8.56. The van der Waals surface area contributed by atoms with E-state index in [0.29, 0.717) is 11.0 Å². The summed E-state index contributed by atoms with van der Waals surface area (Å²) >= 11 is 0. The van der Waals surface area contributed by atoms with Crippen molar-refractivity contribution in [2.45, 2.75) is 12.8 Å². The number of piperidine rings is 1. The second-order valence-electron chi connectivity index (χ2n) is 9.23. The number of amidine groups is 1. The van der Waals surface area contributed by atoms with E-state index in [0.717, 1.165) is 71.5 Å². The van der Waals surface area contributed by atoms with Crippen molar-refractivity contribution >= 4 is 22.8 Å². The highest BCUT2D eigenvalue weighted by Gasteiger charge is 2.46. The van der Waals surface area contributed by atoms with Gasteiger partial charge in [0.25, 0.3) is 0 Å². The topological polar surface area (TPSA) is 106 Å². The number of anilines is 1. The summed E-state index contributed by atoms with van der Waals surface area (Å²) in [6, 6.07) is 9.81. The zero-order valence-electron chi connectivity index (χ0n) is 19.0. The third-order valence-corrected chi connectivity index (χ3v) is 7.14. The molecule has 0 saturated carbocycles. The Morgan fingerprint density at radius 3 is 2.74 bits per heavy atom. The summed E-state index contributed by atoms with van der Waals surface area (Å²) in [7, 11) is 1.88. The normalized spacial score (nSPS) is 19.1. The van der Waals surface area contributed by atoms with Crippen LogP contribution < -0.4 is 10.6 Å². The van der Waals surface area contributed by atoms with E-state index in [9.17, 15) is 0 Å². The quantitative estimate of drug-likeness (QED) is 0.634. The number of aromatic nitrogens is 3. The van der Waals surface area contributed by atoms with Crippen LogP contribution in [0, 0.1) is 16.7 Å². The van der Waals surface area contributed by atoms with Gasteiger partial charge in [0.1, 0.15) is 11.8 Å². The van der Waals surface area contributed by atoms with E-state index >= 15 is 0 Å². The number of likely N-dealkylation sites (tertiary alicyclic amines) is 1. The summed E-state index contributed by atoms with van der Waals surface area (Å²) < 4.78 is 1.79. The van der Waals surface area contributed by atoms with Crippen LogP contribution >= 0.6 is 0 Å². The second kappa shape index (κ2) is 7.78.